The average Bonchev–Trinajstić information content (AvgIpc) is 3.18. The topological polar surface area (TPSA) is 29.3 Å². The smallest absolute Gasteiger partial charge is 0.123 e. The van der Waals surface area contributed by atoms with Gasteiger partial charge in [-0.15, -0.1) is 0 Å². The first kappa shape index (κ1) is 13.5. The summed E-state index contributed by atoms with van der Waals surface area (Å²) >= 11 is 0. The zero-order valence-corrected chi connectivity index (χ0v) is 11.2. The summed E-state index contributed by atoms with van der Waals surface area (Å²) in [5.41, 5.74) is 7.53. The molecule has 0 unspecified atom stereocenters. The Kier molecular flexibility index (Phi) is 4.72. The Bertz CT molecular complexity index is 388. The van der Waals surface area contributed by atoms with Crippen LogP contribution in [0.2, 0.25) is 0 Å². The van der Waals surface area contributed by atoms with Crippen LogP contribution in [-0.2, 0) is 13.1 Å². The summed E-state index contributed by atoms with van der Waals surface area (Å²) < 4.78 is 13.5. The molecule has 0 heterocycles. The summed E-state index contributed by atoms with van der Waals surface area (Å²) in [5.74, 6) is -0.167. The van der Waals surface area contributed by atoms with E-state index in [2.05, 4.69) is 11.8 Å². The normalized spacial score (nSPS) is 15.3. The highest BCUT2D eigenvalue weighted by atomic mass is 19.1. The minimum atomic E-state index is -0.167. The molecule has 0 aliphatic heterocycles. The van der Waals surface area contributed by atoms with Crippen molar-refractivity contribution in [2.45, 2.75) is 51.7 Å². The average molecular weight is 250 g/mol. The molecule has 2 N–H and O–H groups in total. The molecule has 1 aliphatic carbocycles. The van der Waals surface area contributed by atoms with E-state index in [-0.39, 0.29) is 5.82 Å². The van der Waals surface area contributed by atoms with Gasteiger partial charge in [-0.2, -0.15) is 0 Å². The van der Waals surface area contributed by atoms with E-state index in [4.69, 9.17) is 5.73 Å². The molecule has 0 atom stereocenters. The molecule has 3 heteroatoms. The maximum atomic E-state index is 13.5. The van der Waals surface area contributed by atoms with Crippen molar-refractivity contribution in [1.29, 1.82) is 0 Å². The molecule has 1 fully saturated rings. The fourth-order valence-electron chi connectivity index (χ4n) is 2.35. The lowest BCUT2D eigenvalue weighted by molar-refractivity contribution is 0.250. The fourth-order valence-corrected chi connectivity index (χ4v) is 2.35. The molecule has 0 radical (unpaired) electrons. The first-order valence-electron chi connectivity index (χ1n) is 6.95. The van der Waals surface area contributed by atoms with Crippen LogP contribution >= 0.6 is 0 Å². The van der Waals surface area contributed by atoms with Gasteiger partial charge >= 0.3 is 0 Å². The number of benzene rings is 1. The number of rotatable bonds is 7. The van der Waals surface area contributed by atoms with Gasteiger partial charge in [0.05, 0.1) is 0 Å². The molecule has 1 aliphatic rings. The van der Waals surface area contributed by atoms with Crippen molar-refractivity contribution in [2.24, 2.45) is 5.73 Å². The monoisotopic (exact) mass is 250 g/mol. The zero-order valence-electron chi connectivity index (χ0n) is 11.2. The maximum absolute atomic E-state index is 13.5. The predicted molar refractivity (Wildman–Crippen MR) is 72.6 cm³/mol. The standard InChI is InChI=1S/C15H23FN2/c1-2-3-6-18(15-4-5-15)11-13-7-12(10-17)8-14(16)9-13/h7-9,15H,2-6,10-11,17H2,1H3. The maximum Gasteiger partial charge on any atom is 0.123 e. The van der Waals surface area contributed by atoms with E-state index in [0.717, 1.165) is 30.3 Å². The molecule has 18 heavy (non-hydrogen) atoms. The molecule has 100 valence electrons. The Morgan fingerprint density at radius 2 is 2.00 bits per heavy atom. The van der Waals surface area contributed by atoms with Crippen molar-refractivity contribution >= 4 is 0 Å². The van der Waals surface area contributed by atoms with Crippen molar-refractivity contribution in [1.82, 2.24) is 4.90 Å². The van der Waals surface area contributed by atoms with Crippen LogP contribution < -0.4 is 5.73 Å². The zero-order chi connectivity index (χ0) is 13.0. The molecule has 1 saturated carbocycles. The van der Waals surface area contributed by atoms with Crippen molar-refractivity contribution < 1.29 is 4.39 Å². The Labute approximate surface area is 109 Å². The van der Waals surface area contributed by atoms with Gasteiger partial charge in [-0.3, -0.25) is 4.90 Å². The van der Waals surface area contributed by atoms with Crippen LogP contribution in [-0.4, -0.2) is 17.5 Å². The highest BCUT2D eigenvalue weighted by Crippen LogP contribution is 2.28. The van der Waals surface area contributed by atoms with Gasteiger partial charge < -0.3 is 5.73 Å². The summed E-state index contributed by atoms with van der Waals surface area (Å²) in [6.07, 6.45) is 5.02. The molecule has 2 nitrogen and oxygen atoms in total. The lowest BCUT2D eigenvalue weighted by atomic mass is 10.1. The molecule has 2 rings (SSSR count). The molecule has 1 aromatic carbocycles. The summed E-state index contributed by atoms with van der Waals surface area (Å²) in [4.78, 5) is 2.48. The van der Waals surface area contributed by atoms with E-state index in [1.165, 1.54) is 31.7 Å². The molecule has 0 aromatic heterocycles. The van der Waals surface area contributed by atoms with Gasteiger partial charge in [0.2, 0.25) is 0 Å². The number of hydrogen-bond donors (Lipinski definition) is 1. The van der Waals surface area contributed by atoms with Gasteiger partial charge in [0.25, 0.3) is 0 Å². The SMILES string of the molecule is CCCCN(Cc1cc(F)cc(CN)c1)C1CC1. The van der Waals surface area contributed by atoms with Crippen LogP contribution in [0.3, 0.4) is 0 Å². The fraction of sp³-hybridized carbons (Fsp3) is 0.600. The Morgan fingerprint density at radius 3 is 2.61 bits per heavy atom. The van der Waals surface area contributed by atoms with E-state index < -0.39 is 0 Å². The molecule has 0 saturated heterocycles. The van der Waals surface area contributed by atoms with E-state index in [1.807, 2.05) is 6.07 Å². The number of nitrogens with two attached hydrogens (primary N) is 1. The summed E-state index contributed by atoms with van der Waals surface area (Å²) in [5, 5.41) is 0. The molecule has 0 spiro atoms. The molecular weight excluding hydrogens is 227 g/mol. The van der Waals surface area contributed by atoms with Crippen molar-refractivity contribution in [3.8, 4) is 0 Å². The van der Waals surface area contributed by atoms with E-state index in [1.54, 1.807) is 6.07 Å². The van der Waals surface area contributed by atoms with Gasteiger partial charge in [0.1, 0.15) is 5.82 Å². The second kappa shape index (κ2) is 6.30. The van der Waals surface area contributed by atoms with E-state index in [9.17, 15) is 4.39 Å². The Balaban J connectivity index is 2.03. The minimum absolute atomic E-state index is 0.167. The lowest BCUT2D eigenvalue weighted by Gasteiger charge is -2.22. The second-order valence-corrected chi connectivity index (χ2v) is 5.23. The third-order valence-electron chi connectivity index (χ3n) is 3.50. The summed E-state index contributed by atoms with van der Waals surface area (Å²) in [6.45, 7) is 4.59. The summed E-state index contributed by atoms with van der Waals surface area (Å²) in [7, 11) is 0. The van der Waals surface area contributed by atoms with Gasteiger partial charge in [0, 0.05) is 19.1 Å². The van der Waals surface area contributed by atoms with Crippen LogP contribution in [0.5, 0.6) is 0 Å². The van der Waals surface area contributed by atoms with E-state index >= 15 is 0 Å². The number of unbranched alkanes of at least 4 members (excludes halogenated alkanes) is 1. The third kappa shape index (κ3) is 3.79. The Morgan fingerprint density at radius 1 is 1.28 bits per heavy atom. The second-order valence-electron chi connectivity index (χ2n) is 5.23. The van der Waals surface area contributed by atoms with Gasteiger partial charge in [0.15, 0.2) is 0 Å². The first-order chi connectivity index (χ1) is 8.72. The molecule has 1 aromatic rings. The summed E-state index contributed by atoms with van der Waals surface area (Å²) in [6, 6.07) is 5.92. The minimum Gasteiger partial charge on any atom is -0.326 e. The van der Waals surface area contributed by atoms with Gasteiger partial charge in [-0.05, 0) is 49.1 Å². The highest BCUT2D eigenvalue weighted by Gasteiger charge is 2.28. The highest BCUT2D eigenvalue weighted by molar-refractivity contribution is 5.24. The van der Waals surface area contributed by atoms with E-state index in [0.29, 0.717) is 6.54 Å². The molecular formula is C15H23FN2. The van der Waals surface area contributed by atoms with Crippen molar-refractivity contribution in [3.63, 3.8) is 0 Å². The first-order valence-corrected chi connectivity index (χ1v) is 6.95. The quantitative estimate of drug-likeness (QED) is 0.806. The number of hydrogen-bond acceptors (Lipinski definition) is 2. The number of halogens is 1. The van der Waals surface area contributed by atoms with Gasteiger partial charge in [-0.1, -0.05) is 19.4 Å². The van der Waals surface area contributed by atoms with Crippen LogP contribution in [0.4, 0.5) is 4.39 Å². The van der Waals surface area contributed by atoms with Gasteiger partial charge in [-0.25, -0.2) is 4.39 Å². The predicted octanol–water partition coefficient (Wildman–Crippen LogP) is 3.05. The third-order valence-corrected chi connectivity index (χ3v) is 3.50. The van der Waals surface area contributed by atoms with Crippen LogP contribution in [0.15, 0.2) is 18.2 Å². The van der Waals surface area contributed by atoms with Crippen LogP contribution in [0.1, 0.15) is 43.7 Å². The number of nitrogens with zero attached hydrogens (tertiary/aromatic N) is 1. The molecule has 0 bridgehead atoms. The molecule has 0 amide bonds. The Hall–Kier alpha value is -0.930. The largest absolute Gasteiger partial charge is 0.326 e. The van der Waals surface area contributed by atoms with Crippen molar-refractivity contribution in [3.05, 3.63) is 35.1 Å². The van der Waals surface area contributed by atoms with Crippen LogP contribution in [0.25, 0.3) is 0 Å². The lowest BCUT2D eigenvalue weighted by Crippen LogP contribution is -2.26. The van der Waals surface area contributed by atoms with Crippen LogP contribution in [0, 0.1) is 5.82 Å². The van der Waals surface area contributed by atoms with Crippen molar-refractivity contribution in [2.75, 3.05) is 6.54 Å².